The molecule has 1 aliphatic heterocycles. The van der Waals surface area contributed by atoms with Crippen LogP contribution in [0.5, 0.6) is 0 Å². The van der Waals surface area contributed by atoms with E-state index in [0.717, 1.165) is 58.1 Å². The predicted octanol–water partition coefficient (Wildman–Crippen LogP) is 3.02. The zero-order valence-corrected chi connectivity index (χ0v) is 19.5. The summed E-state index contributed by atoms with van der Waals surface area (Å²) in [5, 5.41) is 4.71. The van der Waals surface area contributed by atoms with Crippen molar-refractivity contribution in [3.8, 4) is 0 Å². The van der Waals surface area contributed by atoms with Gasteiger partial charge in [0.05, 0.1) is 0 Å². The van der Waals surface area contributed by atoms with E-state index in [9.17, 15) is 4.79 Å². The van der Waals surface area contributed by atoms with Gasteiger partial charge in [0, 0.05) is 63.3 Å². The molecule has 0 aliphatic carbocycles. The first-order valence-electron chi connectivity index (χ1n) is 10.0. The number of para-hydroxylation sites is 1. The molecule has 0 saturated carbocycles. The number of amides is 1. The maximum absolute atomic E-state index is 11.5. The van der Waals surface area contributed by atoms with Crippen LogP contribution in [-0.4, -0.2) is 65.9 Å². The summed E-state index contributed by atoms with van der Waals surface area (Å²) in [4.78, 5) is 24.0. The van der Waals surface area contributed by atoms with Gasteiger partial charge in [0.2, 0.25) is 5.91 Å². The minimum atomic E-state index is 0. The van der Waals surface area contributed by atoms with E-state index < -0.39 is 0 Å². The van der Waals surface area contributed by atoms with Crippen LogP contribution in [0, 0.1) is 0 Å². The number of hydrogen-bond donors (Lipinski definition) is 2. The lowest BCUT2D eigenvalue weighted by molar-refractivity contribution is -0.130. The normalized spacial score (nSPS) is 14.9. The second kappa shape index (κ2) is 10.7. The maximum Gasteiger partial charge on any atom is 0.219 e. The molecule has 1 aromatic carbocycles. The number of nitrogens with zero attached hydrogens (tertiary/aromatic N) is 3. The molecule has 1 saturated heterocycles. The van der Waals surface area contributed by atoms with Crippen molar-refractivity contribution in [3.05, 3.63) is 35.5 Å². The summed E-state index contributed by atoms with van der Waals surface area (Å²) in [6.45, 7) is 10.7. The Morgan fingerprint density at radius 2 is 1.86 bits per heavy atom. The number of benzene rings is 1. The molecular weight excluding hydrogens is 465 g/mol. The van der Waals surface area contributed by atoms with Crippen molar-refractivity contribution < 1.29 is 4.79 Å². The molecule has 28 heavy (non-hydrogen) atoms. The number of aromatic amines is 1. The fourth-order valence-electron chi connectivity index (χ4n) is 3.72. The molecule has 0 spiro atoms. The third-order valence-corrected chi connectivity index (χ3v) is 5.27. The monoisotopic (exact) mass is 497 g/mol. The molecule has 154 valence electrons. The van der Waals surface area contributed by atoms with Crippen LogP contribution in [0.15, 0.2) is 29.4 Å². The van der Waals surface area contributed by atoms with Crippen molar-refractivity contribution in [1.82, 2.24) is 20.1 Å². The highest BCUT2D eigenvalue weighted by Gasteiger charge is 2.20. The SMILES string of the molecule is CCNC(=NCCc1c[nH]c2c(CC)cccc12)N1CCN(C(C)=O)CC1.I. The molecule has 1 amide bonds. The van der Waals surface area contributed by atoms with Gasteiger partial charge in [-0.15, -0.1) is 24.0 Å². The lowest BCUT2D eigenvalue weighted by atomic mass is 10.1. The van der Waals surface area contributed by atoms with E-state index in [0.29, 0.717) is 0 Å². The van der Waals surface area contributed by atoms with E-state index in [1.807, 2.05) is 4.90 Å². The number of fused-ring (bicyclic) bond motifs is 1. The Morgan fingerprint density at radius 3 is 2.50 bits per heavy atom. The highest BCUT2D eigenvalue weighted by atomic mass is 127. The number of halogens is 1. The molecule has 0 bridgehead atoms. The highest BCUT2D eigenvalue weighted by Crippen LogP contribution is 2.22. The Morgan fingerprint density at radius 1 is 1.14 bits per heavy atom. The van der Waals surface area contributed by atoms with Crippen molar-refractivity contribution in [1.29, 1.82) is 0 Å². The molecule has 0 radical (unpaired) electrons. The third kappa shape index (κ3) is 5.18. The van der Waals surface area contributed by atoms with Crippen molar-refractivity contribution in [2.24, 2.45) is 4.99 Å². The summed E-state index contributed by atoms with van der Waals surface area (Å²) in [7, 11) is 0. The summed E-state index contributed by atoms with van der Waals surface area (Å²) in [5.41, 5.74) is 3.94. The molecule has 2 aromatic rings. The standard InChI is InChI=1S/C21H31N5O.HI/c1-4-17-7-6-8-19-18(15-24-20(17)19)9-10-23-21(22-5-2)26-13-11-25(12-14-26)16(3)27;/h6-8,15,24H,4-5,9-14H2,1-3H3,(H,22,23);1H. The van der Waals surface area contributed by atoms with E-state index in [-0.39, 0.29) is 29.9 Å². The Bertz CT molecular complexity index is 808. The number of carbonyl (C=O) groups excluding carboxylic acids is 1. The Balaban J connectivity index is 0.00000280. The van der Waals surface area contributed by atoms with Gasteiger partial charge in [-0.25, -0.2) is 0 Å². The number of aromatic nitrogens is 1. The third-order valence-electron chi connectivity index (χ3n) is 5.27. The molecule has 1 fully saturated rings. The molecule has 2 N–H and O–H groups in total. The number of hydrogen-bond acceptors (Lipinski definition) is 2. The number of aliphatic imine (C=N–C) groups is 1. The van der Waals surface area contributed by atoms with Crippen molar-refractivity contribution >= 4 is 46.7 Å². The van der Waals surface area contributed by atoms with Gasteiger partial charge >= 0.3 is 0 Å². The first kappa shape index (κ1) is 22.5. The van der Waals surface area contributed by atoms with Crippen molar-refractivity contribution in [3.63, 3.8) is 0 Å². The maximum atomic E-state index is 11.5. The number of guanidine groups is 1. The second-order valence-corrected chi connectivity index (χ2v) is 6.99. The number of H-pyrrole nitrogens is 1. The molecule has 0 unspecified atom stereocenters. The summed E-state index contributed by atoms with van der Waals surface area (Å²) < 4.78 is 0. The van der Waals surface area contributed by atoms with Gasteiger partial charge in [-0.05, 0) is 30.9 Å². The van der Waals surface area contributed by atoms with Crippen LogP contribution in [0.4, 0.5) is 0 Å². The Kier molecular flexibility index (Phi) is 8.59. The van der Waals surface area contributed by atoms with Gasteiger partial charge in [0.1, 0.15) is 0 Å². The van der Waals surface area contributed by atoms with E-state index in [1.54, 1.807) is 6.92 Å². The molecule has 6 nitrogen and oxygen atoms in total. The predicted molar refractivity (Wildman–Crippen MR) is 127 cm³/mol. The fraction of sp³-hybridized carbons (Fsp3) is 0.524. The van der Waals surface area contributed by atoms with Gasteiger partial charge in [-0.2, -0.15) is 0 Å². The first-order valence-corrected chi connectivity index (χ1v) is 10.0. The Labute approximate surface area is 184 Å². The van der Waals surface area contributed by atoms with E-state index in [2.05, 4.69) is 53.4 Å². The summed E-state index contributed by atoms with van der Waals surface area (Å²) in [6, 6.07) is 6.52. The van der Waals surface area contributed by atoms with E-state index >= 15 is 0 Å². The van der Waals surface area contributed by atoms with Crippen LogP contribution >= 0.6 is 24.0 Å². The Hall–Kier alpha value is -1.77. The number of rotatable bonds is 5. The zero-order valence-electron chi connectivity index (χ0n) is 17.1. The van der Waals surface area contributed by atoms with E-state index in [1.165, 1.54) is 22.0 Å². The minimum absolute atomic E-state index is 0. The average Bonchev–Trinajstić information content (AvgIpc) is 3.10. The van der Waals surface area contributed by atoms with Gasteiger partial charge in [-0.1, -0.05) is 25.1 Å². The van der Waals surface area contributed by atoms with Crippen LogP contribution in [0.3, 0.4) is 0 Å². The van der Waals surface area contributed by atoms with Crippen LogP contribution in [0.25, 0.3) is 10.9 Å². The second-order valence-electron chi connectivity index (χ2n) is 6.99. The van der Waals surface area contributed by atoms with Gasteiger partial charge < -0.3 is 20.1 Å². The average molecular weight is 497 g/mol. The molecule has 1 aliphatic rings. The first-order chi connectivity index (χ1) is 13.1. The molecule has 2 heterocycles. The molecule has 7 heteroatoms. The highest BCUT2D eigenvalue weighted by molar-refractivity contribution is 14.0. The number of piperazine rings is 1. The van der Waals surface area contributed by atoms with E-state index in [4.69, 9.17) is 4.99 Å². The number of aryl methyl sites for hydroxylation is 1. The number of nitrogens with one attached hydrogen (secondary N) is 2. The lowest BCUT2D eigenvalue weighted by Crippen LogP contribution is -2.53. The molecule has 3 rings (SSSR count). The molecule has 1 aromatic heterocycles. The van der Waals surface area contributed by atoms with Crippen LogP contribution in [-0.2, 0) is 17.6 Å². The smallest absolute Gasteiger partial charge is 0.219 e. The fourth-order valence-corrected chi connectivity index (χ4v) is 3.72. The van der Waals surface area contributed by atoms with Gasteiger partial charge in [0.25, 0.3) is 0 Å². The van der Waals surface area contributed by atoms with Gasteiger partial charge in [-0.3, -0.25) is 9.79 Å². The minimum Gasteiger partial charge on any atom is -0.361 e. The van der Waals surface area contributed by atoms with Crippen LogP contribution in [0.1, 0.15) is 31.9 Å². The molecule has 0 atom stereocenters. The topological polar surface area (TPSA) is 63.7 Å². The lowest BCUT2D eigenvalue weighted by Gasteiger charge is -2.36. The van der Waals surface area contributed by atoms with Crippen molar-refractivity contribution in [2.45, 2.75) is 33.6 Å². The summed E-state index contributed by atoms with van der Waals surface area (Å²) in [5.74, 6) is 1.11. The van der Waals surface area contributed by atoms with Gasteiger partial charge in [0.15, 0.2) is 5.96 Å². The van der Waals surface area contributed by atoms with Crippen LogP contribution < -0.4 is 5.32 Å². The quantitative estimate of drug-likeness (QED) is 0.380. The van der Waals surface area contributed by atoms with Crippen LogP contribution in [0.2, 0.25) is 0 Å². The summed E-state index contributed by atoms with van der Waals surface area (Å²) >= 11 is 0. The summed E-state index contributed by atoms with van der Waals surface area (Å²) in [6.07, 6.45) is 4.07. The van der Waals surface area contributed by atoms with Crippen molar-refractivity contribution in [2.75, 3.05) is 39.3 Å². The number of carbonyl (C=O) groups is 1. The largest absolute Gasteiger partial charge is 0.361 e. The zero-order chi connectivity index (χ0) is 19.2. The molecular formula is C21H32IN5O.